The summed E-state index contributed by atoms with van der Waals surface area (Å²) in [7, 11) is 1.37. The van der Waals surface area contributed by atoms with E-state index in [0.717, 1.165) is 0 Å². The number of nitrogens with one attached hydrogen (secondary N) is 1. The third kappa shape index (κ3) is 1.02. The van der Waals surface area contributed by atoms with Crippen LogP contribution < -0.4 is 5.32 Å². The van der Waals surface area contributed by atoms with Gasteiger partial charge in [0.05, 0.1) is 11.6 Å². The predicted octanol–water partition coefficient (Wildman–Crippen LogP) is -0.312. The highest BCUT2D eigenvalue weighted by molar-refractivity contribution is 9.11. The quantitative estimate of drug-likeness (QED) is 0.621. The average molecular weight is 208 g/mol. The zero-order chi connectivity index (χ0) is 7.72. The van der Waals surface area contributed by atoms with Crippen LogP contribution in [0.25, 0.3) is 0 Å². The molecule has 1 aliphatic heterocycles. The summed E-state index contributed by atoms with van der Waals surface area (Å²) < 4.78 is 5.01. The maximum atomic E-state index is 10.7. The molecule has 1 atom stereocenters. The lowest BCUT2D eigenvalue weighted by atomic mass is 10.5. The molecule has 0 aromatic heterocycles. The number of aliphatic hydroxyl groups excluding tert-OH is 1. The first kappa shape index (κ1) is 7.56. The first-order valence-electron chi connectivity index (χ1n) is 2.59. The minimum Gasteiger partial charge on any atom is -0.490 e. The highest BCUT2D eigenvalue weighted by Gasteiger charge is 2.29. The van der Waals surface area contributed by atoms with Gasteiger partial charge in [0.25, 0.3) is 5.91 Å². The number of halogens is 1. The number of hydrogen-bond donors (Lipinski definition) is 2. The van der Waals surface area contributed by atoms with Crippen LogP contribution in [0.15, 0.2) is 10.2 Å². The molecular formula is C5H6BrNO3. The van der Waals surface area contributed by atoms with Crippen molar-refractivity contribution in [3.05, 3.63) is 10.2 Å². The van der Waals surface area contributed by atoms with Gasteiger partial charge in [0.15, 0.2) is 12.0 Å². The smallest absolute Gasteiger partial charge is 0.289 e. The number of ether oxygens (including phenoxy) is 1. The number of hydrogen-bond acceptors (Lipinski definition) is 3. The molecule has 0 aromatic rings. The van der Waals surface area contributed by atoms with E-state index in [9.17, 15) is 4.79 Å². The standard InChI is InChI=1S/C5H6BrNO3/c1-10-3-2(6)4(8)7-5(3)9/h4,8H,1H3,(H,7,9). The number of aliphatic hydroxyl groups is 1. The molecule has 1 heterocycles. The molecule has 0 aromatic carbocycles. The lowest BCUT2D eigenvalue weighted by Crippen LogP contribution is -2.27. The van der Waals surface area contributed by atoms with Crippen LogP contribution in [0.5, 0.6) is 0 Å². The summed E-state index contributed by atoms with van der Waals surface area (Å²) in [6.07, 6.45) is -0.956. The van der Waals surface area contributed by atoms with E-state index in [4.69, 9.17) is 5.11 Å². The van der Waals surface area contributed by atoms with E-state index in [1.807, 2.05) is 0 Å². The van der Waals surface area contributed by atoms with Crippen molar-refractivity contribution in [3.63, 3.8) is 0 Å². The molecule has 0 radical (unpaired) electrons. The Hall–Kier alpha value is -0.550. The van der Waals surface area contributed by atoms with E-state index in [1.54, 1.807) is 0 Å². The molecule has 0 saturated carbocycles. The van der Waals surface area contributed by atoms with Gasteiger partial charge in [-0.2, -0.15) is 0 Å². The molecule has 10 heavy (non-hydrogen) atoms. The van der Waals surface area contributed by atoms with Crippen LogP contribution in [-0.2, 0) is 9.53 Å². The lowest BCUT2D eigenvalue weighted by Gasteiger charge is -1.98. The largest absolute Gasteiger partial charge is 0.490 e. The Morgan fingerprint density at radius 2 is 2.40 bits per heavy atom. The molecule has 1 unspecified atom stereocenters. The zero-order valence-electron chi connectivity index (χ0n) is 5.22. The fourth-order valence-electron chi connectivity index (χ4n) is 0.676. The Bertz CT molecular complexity index is 201. The van der Waals surface area contributed by atoms with Crippen molar-refractivity contribution >= 4 is 21.8 Å². The van der Waals surface area contributed by atoms with Crippen LogP contribution in [0.1, 0.15) is 0 Å². The Morgan fingerprint density at radius 3 is 2.60 bits per heavy atom. The van der Waals surface area contributed by atoms with Crippen molar-refractivity contribution in [2.75, 3.05) is 7.11 Å². The normalized spacial score (nSPS) is 25.1. The van der Waals surface area contributed by atoms with Gasteiger partial charge in [-0.05, 0) is 15.9 Å². The van der Waals surface area contributed by atoms with Gasteiger partial charge in [-0.1, -0.05) is 0 Å². The second kappa shape index (κ2) is 2.59. The number of amides is 1. The van der Waals surface area contributed by atoms with Crippen LogP contribution in [0, 0.1) is 0 Å². The highest BCUT2D eigenvalue weighted by Crippen LogP contribution is 2.21. The molecule has 1 rings (SSSR count). The maximum Gasteiger partial charge on any atom is 0.289 e. The van der Waals surface area contributed by atoms with E-state index in [0.29, 0.717) is 4.48 Å². The molecule has 0 aliphatic carbocycles. The second-order valence-corrected chi connectivity index (χ2v) is 2.61. The summed E-state index contributed by atoms with van der Waals surface area (Å²) in [5.74, 6) is -0.269. The Balaban J connectivity index is 2.90. The lowest BCUT2D eigenvalue weighted by molar-refractivity contribution is -0.120. The van der Waals surface area contributed by atoms with E-state index in [2.05, 4.69) is 26.0 Å². The second-order valence-electron chi connectivity index (χ2n) is 1.76. The van der Waals surface area contributed by atoms with Crippen molar-refractivity contribution in [2.24, 2.45) is 0 Å². The summed E-state index contributed by atoms with van der Waals surface area (Å²) in [4.78, 5) is 10.7. The SMILES string of the molecule is COC1=C(Br)C(O)NC1=O. The fourth-order valence-corrected chi connectivity index (χ4v) is 1.13. The van der Waals surface area contributed by atoms with Gasteiger partial charge >= 0.3 is 0 Å². The van der Waals surface area contributed by atoms with Crippen molar-refractivity contribution < 1.29 is 14.6 Å². The van der Waals surface area contributed by atoms with E-state index >= 15 is 0 Å². The van der Waals surface area contributed by atoms with Gasteiger partial charge in [-0.15, -0.1) is 0 Å². The molecule has 2 N–H and O–H groups in total. The minimum atomic E-state index is -0.956. The molecule has 0 bridgehead atoms. The van der Waals surface area contributed by atoms with Gasteiger partial charge in [0, 0.05) is 0 Å². The van der Waals surface area contributed by atoms with Gasteiger partial charge in [-0.25, -0.2) is 0 Å². The van der Waals surface area contributed by atoms with Crippen molar-refractivity contribution in [2.45, 2.75) is 6.23 Å². The topological polar surface area (TPSA) is 58.6 Å². The van der Waals surface area contributed by atoms with Crippen LogP contribution in [-0.4, -0.2) is 24.4 Å². The van der Waals surface area contributed by atoms with Crippen LogP contribution >= 0.6 is 15.9 Å². The number of methoxy groups -OCH3 is 1. The number of rotatable bonds is 1. The first-order valence-corrected chi connectivity index (χ1v) is 3.38. The predicted molar refractivity (Wildman–Crippen MR) is 37.1 cm³/mol. The van der Waals surface area contributed by atoms with Crippen molar-refractivity contribution in [1.29, 1.82) is 0 Å². The molecule has 4 nitrogen and oxygen atoms in total. The van der Waals surface area contributed by atoms with Gasteiger partial charge in [-0.3, -0.25) is 4.79 Å². The first-order chi connectivity index (χ1) is 4.66. The molecule has 0 fully saturated rings. The average Bonchev–Trinajstić information content (AvgIpc) is 2.09. The molecule has 0 spiro atoms. The number of carbonyl (C=O) groups excluding carboxylic acids is 1. The Kier molecular flexibility index (Phi) is 1.96. The summed E-state index contributed by atoms with van der Waals surface area (Å²) in [5.41, 5.74) is 0. The van der Waals surface area contributed by atoms with Crippen LogP contribution in [0.4, 0.5) is 0 Å². The minimum absolute atomic E-state index is 0.132. The monoisotopic (exact) mass is 207 g/mol. The highest BCUT2D eigenvalue weighted by atomic mass is 79.9. The molecule has 1 amide bonds. The summed E-state index contributed by atoms with van der Waals surface area (Å²) >= 11 is 2.99. The summed E-state index contributed by atoms with van der Waals surface area (Å²) in [6, 6.07) is 0. The fraction of sp³-hybridized carbons (Fsp3) is 0.400. The molecule has 0 saturated heterocycles. The van der Waals surface area contributed by atoms with Gasteiger partial charge in [0.1, 0.15) is 0 Å². The summed E-state index contributed by atoms with van der Waals surface area (Å²) in [6.45, 7) is 0. The third-order valence-corrected chi connectivity index (χ3v) is 1.93. The summed E-state index contributed by atoms with van der Waals surface area (Å²) in [5, 5.41) is 11.2. The zero-order valence-corrected chi connectivity index (χ0v) is 6.81. The van der Waals surface area contributed by atoms with Gasteiger partial charge in [0.2, 0.25) is 0 Å². The molecular weight excluding hydrogens is 202 g/mol. The van der Waals surface area contributed by atoms with E-state index in [-0.39, 0.29) is 5.76 Å². The van der Waals surface area contributed by atoms with Crippen LogP contribution in [0.3, 0.4) is 0 Å². The van der Waals surface area contributed by atoms with Gasteiger partial charge < -0.3 is 15.2 Å². The van der Waals surface area contributed by atoms with Crippen molar-refractivity contribution in [3.8, 4) is 0 Å². The molecule has 1 aliphatic rings. The molecule has 5 heteroatoms. The number of carbonyl (C=O) groups is 1. The van der Waals surface area contributed by atoms with Crippen LogP contribution in [0.2, 0.25) is 0 Å². The van der Waals surface area contributed by atoms with Crippen molar-refractivity contribution in [1.82, 2.24) is 5.32 Å². The molecule has 56 valence electrons. The third-order valence-electron chi connectivity index (χ3n) is 1.14. The van der Waals surface area contributed by atoms with E-state index < -0.39 is 12.1 Å². The van der Waals surface area contributed by atoms with E-state index in [1.165, 1.54) is 7.11 Å². The maximum absolute atomic E-state index is 10.7. The Labute approximate surface area is 66.0 Å². The Morgan fingerprint density at radius 1 is 1.80 bits per heavy atom.